The van der Waals surface area contributed by atoms with Crippen LogP contribution < -0.4 is 19.6 Å². The molecule has 0 saturated carbocycles. The van der Waals surface area contributed by atoms with Crippen LogP contribution in [0.4, 0.5) is 5.69 Å². The second-order valence-corrected chi connectivity index (χ2v) is 7.76. The first-order chi connectivity index (χ1) is 13.3. The van der Waals surface area contributed by atoms with Gasteiger partial charge in [-0.25, -0.2) is 13.4 Å². The van der Waals surface area contributed by atoms with E-state index in [2.05, 4.69) is 16.1 Å². The first kappa shape index (κ1) is 19.5. The summed E-state index contributed by atoms with van der Waals surface area (Å²) in [6.07, 6.45) is 5.40. The third-order valence-corrected chi connectivity index (χ3v) is 4.53. The molecular weight excluding hydrogens is 382 g/mol. The van der Waals surface area contributed by atoms with Crippen molar-refractivity contribution in [3.05, 3.63) is 53.6 Å². The first-order valence-corrected chi connectivity index (χ1v) is 10.1. The summed E-state index contributed by atoms with van der Waals surface area (Å²) in [6.45, 7) is 0.0744. The molecule has 0 saturated heterocycles. The predicted molar refractivity (Wildman–Crippen MR) is 104 cm³/mol. The minimum Gasteiger partial charge on any atom is -0.493 e. The minimum atomic E-state index is -3.70. The van der Waals surface area contributed by atoms with Crippen LogP contribution in [0.2, 0.25) is 0 Å². The Kier molecular flexibility index (Phi) is 5.44. The van der Waals surface area contributed by atoms with Gasteiger partial charge in [0.05, 0.1) is 18.9 Å². The molecule has 0 bridgehead atoms. The van der Waals surface area contributed by atoms with Crippen LogP contribution in [0, 0.1) is 12.3 Å². The number of rotatable bonds is 6. The van der Waals surface area contributed by atoms with E-state index in [0.29, 0.717) is 28.3 Å². The minimum absolute atomic E-state index is 0.0744. The van der Waals surface area contributed by atoms with Crippen LogP contribution >= 0.6 is 0 Å². The maximum Gasteiger partial charge on any atom is 0.273 e. The first-order valence-electron chi connectivity index (χ1n) is 8.25. The Labute approximate surface area is 163 Å². The van der Waals surface area contributed by atoms with Gasteiger partial charge in [-0.2, -0.15) is 0 Å². The average Bonchev–Trinajstić information content (AvgIpc) is 2.67. The number of carbonyl (C=O) groups excluding carboxylic acids is 1. The number of nitrogens with one attached hydrogen (secondary N) is 2. The van der Waals surface area contributed by atoms with Crippen LogP contribution in [-0.2, 0) is 10.0 Å². The van der Waals surface area contributed by atoms with Gasteiger partial charge in [0.15, 0.2) is 11.5 Å². The molecule has 0 fully saturated rings. The molecule has 1 amide bonds. The highest BCUT2D eigenvalue weighted by Crippen LogP contribution is 2.36. The lowest BCUT2D eigenvalue weighted by molar-refractivity contribution is 0.0633. The van der Waals surface area contributed by atoms with Crippen molar-refractivity contribution in [1.29, 1.82) is 0 Å². The fourth-order valence-corrected chi connectivity index (χ4v) is 3.40. The van der Waals surface area contributed by atoms with Crippen molar-refractivity contribution in [3.63, 3.8) is 0 Å². The average molecular weight is 401 g/mol. The number of hydrogen-bond acceptors (Lipinski definition) is 6. The molecule has 2 N–H and O–H groups in total. The van der Waals surface area contributed by atoms with Gasteiger partial charge in [-0.15, -0.1) is 11.3 Å². The molecule has 9 heteroatoms. The van der Waals surface area contributed by atoms with Crippen molar-refractivity contribution in [2.24, 2.45) is 0 Å². The number of sulfonamides is 1. The number of terminal acetylenes is 1. The Morgan fingerprint density at radius 3 is 2.68 bits per heavy atom. The van der Waals surface area contributed by atoms with Crippen molar-refractivity contribution in [2.75, 3.05) is 25.3 Å². The van der Waals surface area contributed by atoms with Crippen molar-refractivity contribution < 1.29 is 22.7 Å². The lowest BCUT2D eigenvalue weighted by atomic mass is 10.0. The second kappa shape index (κ2) is 7.80. The van der Waals surface area contributed by atoms with E-state index in [1.54, 1.807) is 42.5 Å². The standard InChI is InChI=1S/C19H19N3O5S/c1-4-11-27-16-10-9-13(12-17(16)26-2)18-20-15-8-6-5-7-14(15)19(23)22(18)21-28(3,24)25/h1,5-10,12,18,20-21H,11H2,2-3H3/t18-/m1/s1. The Morgan fingerprint density at radius 2 is 2.00 bits per heavy atom. The highest BCUT2D eigenvalue weighted by atomic mass is 32.2. The highest BCUT2D eigenvalue weighted by Gasteiger charge is 2.35. The van der Waals surface area contributed by atoms with Gasteiger partial charge < -0.3 is 14.8 Å². The van der Waals surface area contributed by atoms with Crippen molar-refractivity contribution in [1.82, 2.24) is 9.84 Å². The van der Waals surface area contributed by atoms with Crippen molar-refractivity contribution >= 4 is 21.6 Å². The molecule has 1 atom stereocenters. The zero-order valence-corrected chi connectivity index (χ0v) is 16.1. The summed E-state index contributed by atoms with van der Waals surface area (Å²) in [5.74, 6) is 2.74. The lowest BCUT2D eigenvalue weighted by Gasteiger charge is -2.37. The number of amides is 1. The Balaban J connectivity index is 2.04. The van der Waals surface area contributed by atoms with E-state index in [1.165, 1.54) is 7.11 Å². The van der Waals surface area contributed by atoms with E-state index in [0.717, 1.165) is 11.3 Å². The number of para-hydroxylation sites is 1. The fraction of sp³-hybridized carbons (Fsp3) is 0.211. The predicted octanol–water partition coefficient (Wildman–Crippen LogP) is 1.74. The van der Waals surface area contributed by atoms with Crippen LogP contribution in [0.1, 0.15) is 22.1 Å². The number of methoxy groups -OCH3 is 1. The monoisotopic (exact) mass is 401 g/mol. The van der Waals surface area contributed by atoms with Crippen LogP contribution in [0.25, 0.3) is 0 Å². The van der Waals surface area contributed by atoms with E-state index >= 15 is 0 Å². The molecule has 1 aliphatic rings. The zero-order valence-electron chi connectivity index (χ0n) is 15.3. The topological polar surface area (TPSA) is 97.0 Å². The summed E-state index contributed by atoms with van der Waals surface area (Å²) in [4.78, 5) is 15.2. The van der Waals surface area contributed by atoms with Gasteiger partial charge >= 0.3 is 0 Å². The molecule has 1 heterocycles. The normalized spacial score (nSPS) is 16.0. The quantitative estimate of drug-likeness (QED) is 0.716. The molecule has 146 valence electrons. The molecule has 8 nitrogen and oxygen atoms in total. The van der Waals surface area contributed by atoms with Gasteiger partial charge in [0.2, 0.25) is 10.0 Å². The third kappa shape index (κ3) is 4.03. The summed E-state index contributed by atoms with van der Waals surface area (Å²) in [6, 6.07) is 11.9. The third-order valence-electron chi connectivity index (χ3n) is 4.01. The molecule has 2 aromatic rings. The van der Waals surface area contributed by atoms with Crippen LogP contribution in [0.5, 0.6) is 11.5 Å². The van der Waals surface area contributed by atoms with E-state index < -0.39 is 22.1 Å². The molecule has 0 aromatic heterocycles. The number of hydrazine groups is 1. The molecule has 0 radical (unpaired) electrons. The van der Waals surface area contributed by atoms with Crippen LogP contribution in [0.3, 0.4) is 0 Å². The number of hydrogen-bond donors (Lipinski definition) is 2. The van der Waals surface area contributed by atoms with E-state index in [4.69, 9.17) is 15.9 Å². The number of ether oxygens (including phenoxy) is 2. The molecule has 0 spiro atoms. The SMILES string of the molecule is C#CCOc1ccc([C@@H]2Nc3ccccc3C(=O)N2NS(C)(=O)=O)cc1OC. The molecule has 28 heavy (non-hydrogen) atoms. The fourth-order valence-electron chi connectivity index (χ4n) is 2.85. The molecular formula is C19H19N3O5S. The van der Waals surface area contributed by atoms with Crippen LogP contribution in [-0.4, -0.2) is 39.3 Å². The maximum atomic E-state index is 12.9. The Morgan fingerprint density at radius 1 is 1.25 bits per heavy atom. The molecule has 2 aromatic carbocycles. The van der Waals surface area contributed by atoms with E-state index in [9.17, 15) is 13.2 Å². The molecule has 1 aliphatic heterocycles. The zero-order chi connectivity index (χ0) is 20.3. The number of nitrogens with zero attached hydrogens (tertiary/aromatic N) is 1. The summed E-state index contributed by atoms with van der Waals surface area (Å²) in [7, 11) is -2.22. The van der Waals surface area contributed by atoms with E-state index in [1.807, 2.05) is 0 Å². The van der Waals surface area contributed by atoms with Gasteiger partial charge in [-0.3, -0.25) is 4.79 Å². The number of fused-ring (bicyclic) bond motifs is 1. The maximum absolute atomic E-state index is 12.9. The smallest absolute Gasteiger partial charge is 0.273 e. The van der Waals surface area contributed by atoms with Crippen molar-refractivity contribution in [3.8, 4) is 23.8 Å². The van der Waals surface area contributed by atoms with Crippen molar-refractivity contribution in [2.45, 2.75) is 6.17 Å². The van der Waals surface area contributed by atoms with Gasteiger partial charge in [0.25, 0.3) is 5.91 Å². The summed E-state index contributed by atoms with van der Waals surface area (Å²) in [5.41, 5.74) is 1.54. The molecule has 0 unspecified atom stereocenters. The molecule has 3 rings (SSSR count). The summed E-state index contributed by atoms with van der Waals surface area (Å²) >= 11 is 0. The number of anilines is 1. The van der Waals surface area contributed by atoms with Gasteiger partial charge in [0.1, 0.15) is 12.8 Å². The van der Waals surface area contributed by atoms with Gasteiger partial charge in [0, 0.05) is 5.69 Å². The van der Waals surface area contributed by atoms with Gasteiger partial charge in [-0.05, 0) is 29.8 Å². The lowest BCUT2D eigenvalue weighted by Crippen LogP contribution is -2.52. The van der Waals surface area contributed by atoms with E-state index in [-0.39, 0.29) is 6.61 Å². The number of benzene rings is 2. The summed E-state index contributed by atoms with van der Waals surface area (Å²) < 4.78 is 34.4. The second-order valence-electron chi connectivity index (χ2n) is 6.03. The van der Waals surface area contributed by atoms with Crippen LogP contribution in [0.15, 0.2) is 42.5 Å². The summed E-state index contributed by atoms with van der Waals surface area (Å²) in [5, 5.41) is 4.22. The molecule has 0 aliphatic carbocycles. The Bertz CT molecular complexity index is 1050. The number of carbonyl (C=O) groups is 1. The van der Waals surface area contributed by atoms with Gasteiger partial charge in [-0.1, -0.05) is 24.1 Å². The Hall–Kier alpha value is -3.22. The largest absolute Gasteiger partial charge is 0.493 e. The highest BCUT2D eigenvalue weighted by molar-refractivity contribution is 7.88.